The molecule has 0 saturated carbocycles. The van der Waals surface area contributed by atoms with Gasteiger partial charge in [0.2, 0.25) is 0 Å². The quantitative estimate of drug-likeness (QED) is 0.574. The average molecular weight is 183 g/mol. The summed E-state index contributed by atoms with van der Waals surface area (Å²) in [6.07, 6.45) is 0.954. The maximum absolute atomic E-state index is 12.7. The van der Waals surface area contributed by atoms with E-state index >= 15 is 0 Å². The number of benzene rings is 1. The fourth-order valence-electron chi connectivity index (χ4n) is 1.03. The van der Waals surface area contributed by atoms with Crippen molar-refractivity contribution in [3.63, 3.8) is 0 Å². The normalized spacial score (nSPS) is 10.3. The van der Waals surface area contributed by atoms with E-state index in [4.69, 9.17) is 10.5 Å². The molecule has 13 heavy (non-hydrogen) atoms. The standard InChI is InChI=1S/C10H14FNO/c1-2-5-13-7-8-6-9(11)3-4-10(8)12/h3-4,6H,2,5,7,12H2,1H3. The summed E-state index contributed by atoms with van der Waals surface area (Å²) in [4.78, 5) is 0. The summed E-state index contributed by atoms with van der Waals surface area (Å²) in [6, 6.07) is 4.31. The Morgan fingerprint density at radius 1 is 1.46 bits per heavy atom. The molecule has 2 N–H and O–H groups in total. The van der Waals surface area contributed by atoms with E-state index in [1.165, 1.54) is 12.1 Å². The maximum Gasteiger partial charge on any atom is 0.123 e. The van der Waals surface area contributed by atoms with Crippen molar-refractivity contribution in [1.29, 1.82) is 0 Å². The molecule has 1 rings (SSSR count). The van der Waals surface area contributed by atoms with Gasteiger partial charge in [0.1, 0.15) is 5.82 Å². The Kier molecular flexibility index (Phi) is 3.71. The van der Waals surface area contributed by atoms with E-state index < -0.39 is 0 Å². The first-order valence-electron chi connectivity index (χ1n) is 4.35. The van der Waals surface area contributed by atoms with Crippen molar-refractivity contribution in [1.82, 2.24) is 0 Å². The molecule has 0 radical (unpaired) electrons. The van der Waals surface area contributed by atoms with Crippen LogP contribution in [0.15, 0.2) is 18.2 Å². The van der Waals surface area contributed by atoms with Crippen LogP contribution in [-0.2, 0) is 11.3 Å². The molecular formula is C10H14FNO. The fraction of sp³-hybridized carbons (Fsp3) is 0.400. The first-order valence-corrected chi connectivity index (χ1v) is 4.35. The van der Waals surface area contributed by atoms with Crippen molar-refractivity contribution >= 4 is 5.69 Å². The van der Waals surface area contributed by atoms with E-state index in [0.717, 1.165) is 6.42 Å². The zero-order valence-corrected chi connectivity index (χ0v) is 7.72. The number of ether oxygens (including phenoxy) is 1. The molecule has 3 heteroatoms. The van der Waals surface area contributed by atoms with E-state index in [0.29, 0.717) is 24.5 Å². The second-order valence-electron chi connectivity index (χ2n) is 2.90. The van der Waals surface area contributed by atoms with Gasteiger partial charge < -0.3 is 10.5 Å². The summed E-state index contributed by atoms with van der Waals surface area (Å²) >= 11 is 0. The zero-order valence-electron chi connectivity index (χ0n) is 7.72. The number of nitrogen functional groups attached to an aromatic ring is 1. The second kappa shape index (κ2) is 4.82. The number of hydrogen-bond acceptors (Lipinski definition) is 2. The topological polar surface area (TPSA) is 35.2 Å². The molecule has 0 saturated heterocycles. The lowest BCUT2D eigenvalue weighted by Crippen LogP contribution is -1.99. The van der Waals surface area contributed by atoms with Crippen molar-refractivity contribution in [2.24, 2.45) is 0 Å². The molecule has 72 valence electrons. The predicted molar refractivity (Wildman–Crippen MR) is 50.8 cm³/mol. The molecule has 2 nitrogen and oxygen atoms in total. The molecule has 0 fully saturated rings. The number of hydrogen-bond donors (Lipinski definition) is 1. The largest absolute Gasteiger partial charge is 0.398 e. The summed E-state index contributed by atoms with van der Waals surface area (Å²) in [7, 11) is 0. The number of rotatable bonds is 4. The smallest absolute Gasteiger partial charge is 0.123 e. The molecule has 1 aromatic carbocycles. The van der Waals surface area contributed by atoms with Crippen LogP contribution in [0.25, 0.3) is 0 Å². The molecule has 1 aromatic rings. The molecule has 0 unspecified atom stereocenters. The van der Waals surface area contributed by atoms with E-state index in [1.54, 1.807) is 6.07 Å². The van der Waals surface area contributed by atoms with E-state index in [9.17, 15) is 4.39 Å². The Labute approximate surface area is 77.5 Å². The lowest BCUT2D eigenvalue weighted by atomic mass is 10.2. The average Bonchev–Trinajstić information content (AvgIpc) is 2.11. The van der Waals surface area contributed by atoms with Crippen LogP contribution >= 0.6 is 0 Å². The van der Waals surface area contributed by atoms with Crippen molar-refractivity contribution in [3.05, 3.63) is 29.6 Å². The third kappa shape index (κ3) is 3.03. The number of halogens is 1. The van der Waals surface area contributed by atoms with Crippen LogP contribution < -0.4 is 5.73 Å². The van der Waals surface area contributed by atoms with Crippen LogP contribution in [0.3, 0.4) is 0 Å². The van der Waals surface area contributed by atoms with Gasteiger partial charge in [-0.2, -0.15) is 0 Å². The summed E-state index contributed by atoms with van der Waals surface area (Å²) < 4.78 is 18.0. The molecule has 0 aliphatic rings. The van der Waals surface area contributed by atoms with Crippen molar-refractivity contribution in [2.45, 2.75) is 20.0 Å². The highest BCUT2D eigenvalue weighted by Gasteiger charge is 2.00. The van der Waals surface area contributed by atoms with E-state index in [1.807, 2.05) is 6.92 Å². The van der Waals surface area contributed by atoms with E-state index in [-0.39, 0.29) is 5.82 Å². The third-order valence-electron chi connectivity index (χ3n) is 1.71. The Bertz CT molecular complexity index is 276. The predicted octanol–water partition coefficient (Wildman–Crippen LogP) is 2.33. The fourth-order valence-corrected chi connectivity index (χ4v) is 1.03. The zero-order chi connectivity index (χ0) is 9.68. The minimum Gasteiger partial charge on any atom is -0.398 e. The molecule has 0 atom stereocenters. The van der Waals surface area contributed by atoms with Crippen LogP contribution in [0.2, 0.25) is 0 Å². The molecular weight excluding hydrogens is 169 g/mol. The number of nitrogens with two attached hydrogens (primary N) is 1. The Morgan fingerprint density at radius 3 is 2.92 bits per heavy atom. The number of anilines is 1. The van der Waals surface area contributed by atoms with Crippen LogP contribution in [0.4, 0.5) is 10.1 Å². The first-order chi connectivity index (χ1) is 6.24. The van der Waals surface area contributed by atoms with Gasteiger partial charge in [-0.1, -0.05) is 6.92 Å². The van der Waals surface area contributed by atoms with Gasteiger partial charge in [-0.05, 0) is 24.6 Å². The van der Waals surface area contributed by atoms with E-state index in [2.05, 4.69) is 0 Å². The SMILES string of the molecule is CCCOCc1cc(F)ccc1N. The molecule has 0 spiro atoms. The van der Waals surface area contributed by atoms with Gasteiger partial charge in [-0.25, -0.2) is 4.39 Å². The molecule has 0 aliphatic heterocycles. The lowest BCUT2D eigenvalue weighted by molar-refractivity contribution is 0.121. The Hall–Kier alpha value is -1.09. The van der Waals surface area contributed by atoms with Gasteiger partial charge in [-0.15, -0.1) is 0 Å². The highest BCUT2D eigenvalue weighted by atomic mass is 19.1. The third-order valence-corrected chi connectivity index (χ3v) is 1.71. The molecule has 0 heterocycles. The van der Waals surface area contributed by atoms with Gasteiger partial charge in [-0.3, -0.25) is 0 Å². The molecule has 0 bridgehead atoms. The van der Waals surface area contributed by atoms with Gasteiger partial charge in [0.15, 0.2) is 0 Å². The summed E-state index contributed by atoms with van der Waals surface area (Å²) in [6.45, 7) is 3.09. The lowest BCUT2D eigenvalue weighted by Gasteiger charge is -2.05. The molecule has 0 aromatic heterocycles. The second-order valence-corrected chi connectivity index (χ2v) is 2.90. The highest BCUT2D eigenvalue weighted by molar-refractivity contribution is 5.46. The highest BCUT2D eigenvalue weighted by Crippen LogP contribution is 2.14. The minimum atomic E-state index is -0.274. The molecule has 0 aliphatic carbocycles. The Morgan fingerprint density at radius 2 is 2.23 bits per heavy atom. The summed E-state index contributed by atoms with van der Waals surface area (Å²) in [5.41, 5.74) is 6.92. The Balaban J connectivity index is 2.59. The van der Waals surface area contributed by atoms with Crippen LogP contribution in [0.5, 0.6) is 0 Å². The van der Waals surface area contributed by atoms with Crippen LogP contribution in [0.1, 0.15) is 18.9 Å². The van der Waals surface area contributed by atoms with Crippen molar-refractivity contribution < 1.29 is 9.13 Å². The van der Waals surface area contributed by atoms with Gasteiger partial charge in [0.25, 0.3) is 0 Å². The molecule has 0 amide bonds. The van der Waals surface area contributed by atoms with Crippen molar-refractivity contribution in [2.75, 3.05) is 12.3 Å². The van der Waals surface area contributed by atoms with Crippen molar-refractivity contribution in [3.8, 4) is 0 Å². The van der Waals surface area contributed by atoms with Gasteiger partial charge in [0, 0.05) is 17.9 Å². The summed E-state index contributed by atoms with van der Waals surface area (Å²) in [5.74, 6) is -0.274. The minimum absolute atomic E-state index is 0.274. The summed E-state index contributed by atoms with van der Waals surface area (Å²) in [5, 5.41) is 0. The monoisotopic (exact) mass is 183 g/mol. The van der Waals surface area contributed by atoms with Crippen LogP contribution in [-0.4, -0.2) is 6.61 Å². The van der Waals surface area contributed by atoms with Gasteiger partial charge >= 0.3 is 0 Å². The van der Waals surface area contributed by atoms with Crippen LogP contribution in [0, 0.1) is 5.82 Å². The maximum atomic E-state index is 12.7. The first kappa shape index (κ1) is 9.99. The van der Waals surface area contributed by atoms with Gasteiger partial charge in [0.05, 0.1) is 6.61 Å².